The lowest BCUT2D eigenvalue weighted by molar-refractivity contribution is -0.131. The molecule has 0 spiro atoms. The highest BCUT2D eigenvalue weighted by Gasteiger charge is 2.36. The Morgan fingerprint density at radius 2 is 1.89 bits per heavy atom. The molecule has 0 saturated carbocycles. The van der Waals surface area contributed by atoms with Crippen molar-refractivity contribution >= 4 is 28.2 Å². The van der Waals surface area contributed by atoms with Gasteiger partial charge in [0.15, 0.2) is 5.83 Å². The van der Waals surface area contributed by atoms with Crippen LogP contribution in [0.2, 0.25) is 0 Å². The van der Waals surface area contributed by atoms with Crippen LogP contribution >= 0.6 is 0 Å². The molecule has 3 aromatic rings. The van der Waals surface area contributed by atoms with E-state index in [0.717, 1.165) is 42.7 Å². The maximum atomic E-state index is 13.9. The molecule has 0 radical (unpaired) electrons. The zero-order chi connectivity index (χ0) is 31.7. The Labute approximate surface area is 263 Å². The van der Waals surface area contributed by atoms with Crippen LogP contribution in [0.25, 0.3) is 10.8 Å². The monoisotopic (exact) mass is 607 g/mol. The van der Waals surface area contributed by atoms with E-state index in [1.165, 1.54) is 21.2 Å². The minimum absolute atomic E-state index is 0.0551. The van der Waals surface area contributed by atoms with Crippen LogP contribution in [-0.4, -0.2) is 79.2 Å². The Balaban J connectivity index is 1.40. The maximum absolute atomic E-state index is 13.9. The molecule has 1 amide bonds. The van der Waals surface area contributed by atoms with E-state index in [2.05, 4.69) is 83.8 Å². The molecule has 0 unspecified atom stereocenters. The van der Waals surface area contributed by atoms with E-state index < -0.39 is 17.8 Å². The van der Waals surface area contributed by atoms with Crippen LogP contribution in [0.3, 0.4) is 0 Å². The normalized spacial score (nSPS) is 20.1. The molecule has 6 rings (SSSR count). The third-order valence-electron chi connectivity index (χ3n) is 9.57. The van der Waals surface area contributed by atoms with Gasteiger partial charge in [0.1, 0.15) is 24.1 Å². The average Bonchev–Trinajstić information content (AvgIpc) is 3.46. The van der Waals surface area contributed by atoms with Crippen LogP contribution in [0.5, 0.6) is 5.88 Å². The van der Waals surface area contributed by atoms with Gasteiger partial charge >= 0.3 is 0 Å². The molecular weight excluding hydrogens is 569 g/mol. The number of likely N-dealkylation sites (tertiary alicyclic amines) is 1. The van der Waals surface area contributed by atoms with Crippen molar-refractivity contribution in [3.05, 3.63) is 71.1 Å². The van der Waals surface area contributed by atoms with Crippen LogP contribution in [0.15, 0.2) is 48.8 Å². The number of nitriles is 2. The Bertz CT molecular complexity index is 1720. The number of rotatable bonds is 7. The van der Waals surface area contributed by atoms with Crippen molar-refractivity contribution < 1.29 is 13.9 Å². The topological polar surface area (TPSA) is 99.7 Å². The molecule has 1 aromatic heterocycles. The largest absolute Gasteiger partial charge is 0.475 e. The second-order valence-electron chi connectivity index (χ2n) is 12.3. The molecule has 232 valence electrons. The van der Waals surface area contributed by atoms with Crippen molar-refractivity contribution in [1.29, 1.82) is 10.5 Å². The van der Waals surface area contributed by atoms with Crippen molar-refractivity contribution in [3.63, 3.8) is 0 Å². The van der Waals surface area contributed by atoms with E-state index in [9.17, 15) is 19.7 Å². The van der Waals surface area contributed by atoms with Crippen molar-refractivity contribution in [1.82, 2.24) is 14.8 Å². The Hall–Kier alpha value is -4.67. The maximum Gasteiger partial charge on any atom is 0.282 e. The lowest BCUT2D eigenvalue weighted by Crippen LogP contribution is -2.55. The molecule has 0 aliphatic carbocycles. The molecule has 0 bridgehead atoms. The summed E-state index contributed by atoms with van der Waals surface area (Å²) < 4.78 is 20.2. The third kappa shape index (κ3) is 5.79. The van der Waals surface area contributed by atoms with Crippen molar-refractivity contribution in [2.24, 2.45) is 0 Å². The molecule has 45 heavy (non-hydrogen) atoms. The number of aryl methyl sites for hydroxylation is 1. The average molecular weight is 608 g/mol. The number of ether oxygens (including phenoxy) is 1. The molecule has 2 fully saturated rings. The molecule has 0 N–H and O–H groups in total. The van der Waals surface area contributed by atoms with E-state index in [1.807, 2.05) is 0 Å². The summed E-state index contributed by atoms with van der Waals surface area (Å²) in [6.45, 7) is 8.95. The summed E-state index contributed by atoms with van der Waals surface area (Å²) in [6, 6.07) is 17.0. The molecule has 10 heteroatoms. The van der Waals surface area contributed by atoms with Crippen molar-refractivity contribution in [2.75, 3.05) is 56.2 Å². The van der Waals surface area contributed by atoms with Crippen LogP contribution < -0.4 is 14.5 Å². The van der Waals surface area contributed by atoms with Crippen molar-refractivity contribution in [3.8, 4) is 18.0 Å². The molecule has 9 nitrogen and oxygen atoms in total. The number of hydrogen-bond donors (Lipinski definition) is 0. The first-order valence-corrected chi connectivity index (χ1v) is 15.6. The fraction of sp³-hybridized carbons (Fsp3) is 0.429. The highest BCUT2D eigenvalue weighted by Crippen LogP contribution is 2.39. The summed E-state index contributed by atoms with van der Waals surface area (Å²) in [6.07, 6.45) is 2.84. The quantitative estimate of drug-likeness (QED) is 0.351. The minimum Gasteiger partial charge on any atom is -0.475 e. The van der Waals surface area contributed by atoms with Gasteiger partial charge in [-0.2, -0.15) is 15.5 Å². The zero-order valence-electron chi connectivity index (χ0n) is 25.9. The number of piperazine rings is 1. The first kappa shape index (κ1) is 30.4. The van der Waals surface area contributed by atoms with Gasteiger partial charge in [-0.3, -0.25) is 4.79 Å². The zero-order valence-corrected chi connectivity index (χ0v) is 25.9. The first-order chi connectivity index (χ1) is 21.8. The number of hydrogen-bond acceptors (Lipinski definition) is 8. The van der Waals surface area contributed by atoms with Gasteiger partial charge in [0, 0.05) is 61.0 Å². The van der Waals surface area contributed by atoms with Gasteiger partial charge in [-0.15, -0.1) is 0 Å². The van der Waals surface area contributed by atoms with Crippen LogP contribution in [0.1, 0.15) is 41.5 Å². The van der Waals surface area contributed by atoms with Gasteiger partial charge in [-0.1, -0.05) is 36.9 Å². The van der Waals surface area contributed by atoms with Crippen LogP contribution in [0, 0.1) is 29.6 Å². The summed E-state index contributed by atoms with van der Waals surface area (Å²) >= 11 is 0. The summed E-state index contributed by atoms with van der Waals surface area (Å²) in [5.41, 5.74) is 4.65. The summed E-state index contributed by atoms with van der Waals surface area (Å²) in [7, 11) is 2.09. The number of pyridine rings is 1. The number of nitrogens with zero attached hydrogens (tertiary/aromatic N) is 7. The Morgan fingerprint density at radius 1 is 1.09 bits per heavy atom. The molecule has 2 saturated heterocycles. The second-order valence-corrected chi connectivity index (χ2v) is 12.3. The fourth-order valence-electron chi connectivity index (χ4n) is 7.16. The SMILES string of the molecule is C=C(F)C(=O)N1CCN(c2nc(OC[C@@H]3CCCN3C)c(C#N)c3c2CCN(c2cccc4cccc(C)c24)C3)C[C@H]1CC#N. The highest BCUT2D eigenvalue weighted by atomic mass is 19.1. The molecule has 3 aliphatic heterocycles. The predicted molar refractivity (Wildman–Crippen MR) is 172 cm³/mol. The van der Waals surface area contributed by atoms with Gasteiger partial charge in [0.25, 0.3) is 5.91 Å². The highest BCUT2D eigenvalue weighted by molar-refractivity contribution is 5.97. The number of halogens is 1. The minimum atomic E-state index is -1.03. The molecule has 2 aromatic carbocycles. The Kier molecular flexibility index (Phi) is 8.60. The molecule has 4 heterocycles. The summed E-state index contributed by atoms with van der Waals surface area (Å²) in [5, 5.41) is 22.4. The number of anilines is 2. The van der Waals surface area contributed by atoms with E-state index in [4.69, 9.17) is 9.72 Å². The molecule has 2 atom stereocenters. The van der Waals surface area contributed by atoms with Crippen LogP contribution in [-0.2, 0) is 17.8 Å². The lowest BCUT2D eigenvalue weighted by Gasteiger charge is -2.42. The second kappa shape index (κ2) is 12.7. The van der Waals surface area contributed by atoms with Gasteiger partial charge in [0.2, 0.25) is 5.88 Å². The first-order valence-electron chi connectivity index (χ1n) is 15.6. The Morgan fingerprint density at radius 3 is 2.60 bits per heavy atom. The molecule has 3 aliphatic rings. The van der Waals surface area contributed by atoms with Crippen molar-refractivity contribution in [2.45, 2.75) is 51.2 Å². The number of carbonyl (C=O) groups excluding carboxylic acids is 1. The van der Waals surface area contributed by atoms with Gasteiger partial charge in [-0.25, -0.2) is 4.39 Å². The van der Waals surface area contributed by atoms with Gasteiger partial charge < -0.3 is 24.3 Å². The smallest absolute Gasteiger partial charge is 0.282 e. The van der Waals surface area contributed by atoms with Crippen LogP contribution in [0.4, 0.5) is 15.9 Å². The summed E-state index contributed by atoms with van der Waals surface area (Å²) in [5.74, 6) is -0.788. The number of benzene rings is 2. The third-order valence-corrected chi connectivity index (χ3v) is 9.57. The number of fused-ring (bicyclic) bond motifs is 2. The van der Waals surface area contributed by atoms with E-state index in [1.54, 1.807) is 0 Å². The van der Waals surface area contributed by atoms with E-state index >= 15 is 0 Å². The van der Waals surface area contributed by atoms with Gasteiger partial charge in [-0.05, 0) is 56.8 Å². The predicted octanol–water partition coefficient (Wildman–Crippen LogP) is 4.86. The van der Waals surface area contributed by atoms with E-state index in [0.29, 0.717) is 49.9 Å². The molecular formula is C35H38FN7O2. The number of carbonyl (C=O) groups is 1. The standard InChI is InChI=1S/C35H38FN7O2/c1-23-7-4-8-25-9-5-11-31(32(23)25)41-16-13-28-30(21-41)29(19-38)34(45-22-27-10-6-15-40(27)3)39-33(28)42-17-18-43(35(44)24(2)36)26(20-42)12-14-37/h4-5,7-9,11,26-27H,2,6,10,12-13,15-18,20-22H2,1,3H3/t26-,27+/m1/s1. The number of likely N-dealkylation sites (N-methyl/N-ethyl adjacent to an activating group) is 1. The fourth-order valence-corrected chi connectivity index (χ4v) is 7.16. The lowest BCUT2D eigenvalue weighted by atomic mass is 9.94. The van der Waals surface area contributed by atoms with Gasteiger partial charge in [0.05, 0.1) is 18.5 Å². The number of aromatic nitrogens is 1. The van der Waals surface area contributed by atoms with E-state index in [-0.39, 0.29) is 19.0 Å². The summed E-state index contributed by atoms with van der Waals surface area (Å²) in [4.78, 5) is 25.6. The number of amides is 1.